The number of para-hydroxylation sites is 1. The first-order valence-corrected chi connectivity index (χ1v) is 11.6. The molecule has 0 bridgehead atoms. The SMILES string of the molecule is COc1c(C)cnc(CNC(=O)c2ccccc2NS(=O)(=O)c2cc(C)ccc2C)c1C. The molecule has 0 saturated carbocycles. The molecule has 1 amide bonds. The Labute approximate surface area is 188 Å². The summed E-state index contributed by atoms with van der Waals surface area (Å²) in [5.74, 6) is 0.316. The van der Waals surface area contributed by atoms with Gasteiger partial charge in [0, 0.05) is 17.3 Å². The average molecular weight is 454 g/mol. The number of pyridine rings is 1. The van der Waals surface area contributed by atoms with E-state index in [1.54, 1.807) is 56.6 Å². The zero-order valence-electron chi connectivity index (χ0n) is 18.8. The van der Waals surface area contributed by atoms with Gasteiger partial charge in [-0.3, -0.25) is 14.5 Å². The molecular weight excluding hydrogens is 426 g/mol. The van der Waals surface area contributed by atoms with E-state index in [0.717, 1.165) is 22.4 Å². The Kier molecular flexibility index (Phi) is 6.84. The van der Waals surface area contributed by atoms with Gasteiger partial charge < -0.3 is 10.1 Å². The molecule has 1 aromatic heterocycles. The molecule has 0 fully saturated rings. The van der Waals surface area contributed by atoms with E-state index in [1.165, 1.54) is 0 Å². The van der Waals surface area contributed by atoms with Crippen LogP contribution in [0.5, 0.6) is 5.75 Å². The second-order valence-corrected chi connectivity index (χ2v) is 9.30. The molecule has 3 rings (SSSR count). The summed E-state index contributed by atoms with van der Waals surface area (Å²) in [5.41, 5.74) is 4.31. The number of carbonyl (C=O) groups excluding carboxylic acids is 1. The molecule has 168 valence electrons. The van der Waals surface area contributed by atoms with Crippen LogP contribution in [0.25, 0.3) is 0 Å². The molecule has 0 aliphatic heterocycles. The maximum absolute atomic E-state index is 13.0. The van der Waals surface area contributed by atoms with Crippen LogP contribution in [0.15, 0.2) is 53.6 Å². The summed E-state index contributed by atoms with van der Waals surface area (Å²) in [5, 5.41) is 2.82. The molecule has 2 aromatic carbocycles. The lowest BCUT2D eigenvalue weighted by Gasteiger charge is -2.15. The van der Waals surface area contributed by atoms with Crippen LogP contribution < -0.4 is 14.8 Å². The van der Waals surface area contributed by atoms with Gasteiger partial charge in [-0.2, -0.15) is 0 Å². The van der Waals surface area contributed by atoms with Crippen molar-refractivity contribution in [2.45, 2.75) is 39.1 Å². The minimum atomic E-state index is -3.87. The number of sulfonamides is 1. The Bertz CT molecular complexity index is 1270. The van der Waals surface area contributed by atoms with Gasteiger partial charge in [0.2, 0.25) is 0 Å². The van der Waals surface area contributed by atoms with Gasteiger partial charge in [0.25, 0.3) is 15.9 Å². The van der Waals surface area contributed by atoms with Crippen molar-refractivity contribution in [2.24, 2.45) is 0 Å². The van der Waals surface area contributed by atoms with Crippen LogP contribution in [-0.2, 0) is 16.6 Å². The van der Waals surface area contributed by atoms with Crippen LogP contribution in [0.3, 0.4) is 0 Å². The molecule has 0 atom stereocenters. The number of nitrogens with zero attached hydrogens (tertiary/aromatic N) is 1. The topological polar surface area (TPSA) is 97.4 Å². The normalized spacial score (nSPS) is 11.2. The number of benzene rings is 2. The first-order valence-electron chi connectivity index (χ1n) is 10.1. The summed E-state index contributed by atoms with van der Waals surface area (Å²) in [6.45, 7) is 7.53. The number of nitrogens with one attached hydrogen (secondary N) is 2. The summed E-state index contributed by atoms with van der Waals surface area (Å²) in [4.78, 5) is 17.5. The molecule has 0 spiro atoms. The average Bonchev–Trinajstić information content (AvgIpc) is 2.75. The summed E-state index contributed by atoms with van der Waals surface area (Å²) in [6.07, 6.45) is 1.69. The number of hydrogen-bond acceptors (Lipinski definition) is 5. The van der Waals surface area contributed by atoms with Crippen molar-refractivity contribution in [3.63, 3.8) is 0 Å². The predicted molar refractivity (Wildman–Crippen MR) is 125 cm³/mol. The van der Waals surface area contributed by atoms with Gasteiger partial charge in [-0.25, -0.2) is 8.42 Å². The maximum atomic E-state index is 13.0. The lowest BCUT2D eigenvalue weighted by Crippen LogP contribution is -2.26. The molecule has 0 aliphatic rings. The minimum Gasteiger partial charge on any atom is -0.496 e. The highest BCUT2D eigenvalue weighted by Gasteiger charge is 2.21. The molecular formula is C24H27N3O4S. The Morgan fingerprint density at radius 3 is 2.47 bits per heavy atom. The molecule has 0 aliphatic carbocycles. The fraction of sp³-hybridized carbons (Fsp3) is 0.250. The summed E-state index contributed by atoms with van der Waals surface area (Å²) in [6, 6.07) is 11.7. The number of anilines is 1. The third-order valence-electron chi connectivity index (χ3n) is 5.22. The number of carbonyl (C=O) groups is 1. The van der Waals surface area contributed by atoms with Gasteiger partial charge in [0.1, 0.15) is 5.75 Å². The van der Waals surface area contributed by atoms with Crippen LogP contribution in [0.2, 0.25) is 0 Å². The highest BCUT2D eigenvalue weighted by atomic mass is 32.2. The van der Waals surface area contributed by atoms with Gasteiger partial charge in [-0.15, -0.1) is 0 Å². The summed E-state index contributed by atoms with van der Waals surface area (Å²) >= 11 is 0. The van der Waals surface area contributed by atoms with Crippen molar-refractivity contribution in [3.05, 3.63) is 82.2 Å². The van der Waals surface area contributed by atoms with E-state index in [4.69, 9.17) is 4.74 Å². The van der Waals surface area contributed by atoms with E-state index in [1.807, 2.05) is 26.8 Å². The van der Waals surface area contributed by atoms with Crippen LogP contribution in [-0.4, -0.2) is 26.4 Å². The van der Waals surface area contributed by atoms with Crippen molar-refractivity contribution in [1.82, 2.24) is 10.3 Å². The summed E-state index contributed by atoms with van der Waals surface area (Å²) in [7, 11) is -2.28. The number of methoxy groups -OCH3 is 1. The fourth-order valence-corrected chi connectivity index (χ4v) is 4.89. The molecule has 1 heterocycles. The van der Waals surface area contributed by atoms with E-state index >= 15 is 0 Å². The first-order chi connectivity index (χ1) is 15.1. The number of aryl methyl sites for hydroxylation is 3. The number of rotatable bonds is 7. The smallest absolute Gasteiger partial charge is 0.262 e. The van der Waals surface area contributed by atoms with E-state index < -0.39 is 15.9 Å². The monoisotopic (exact) mass is 453 g/mol. The number of amides is 1. The standard InChI is InChI=1S/C24H27N3O4S/c1-15-10-11-16(2)22(12-15)32(29,30)27-20-9-7-6-8-19(20)24(28)26-14-21-18(4)23(31-5)17(3)13-25-21/h6-13,27H,14H2,1-5H3,(H,26,28). The molecule has 0 unspecified atom stereocenters. The van der Waals surface area contributed by atoms with E-state index in [0.29, 0.717) is 11.3 Å². The van der Waals surface area contributed by atoms with Crippen LogP contribution in [0.4, 0.5) is 5.69 Å². The maximum Gasteiger partial charge on any atom is 0.262 e. The lowest BCUT2D eigenvalue weighted by atomic mass is 10.1. The molecule has 7 nitrogen and oxygen atoms in total. The van der Waals surface area contributed by atoms with Gasteiger partial charge in [0.15, 0.2) is 0 Å². The molecule has 32 heavy (non-hydrogen) atoms. The van der Waals surface area contributed by atoms with Crippen molar-refractivity contribution in [3.8, 4) is 5.75 Å². The van der Waals surface area contributed by atoms with Crippen LogP contribution in [0, 0.1) is 27.7 Å². The minimum absolute atomic E-state index is 0.180. The largest absolute Gasteiger partial charge is 0.496 e. The molecule has 2 N–H and O–H groups in total. The second kappa shape index (κ2) is 9.40. The zero-order chi connectivity index (χ0) is 23.5. The Morgan fingerprint density at radius 1 is 1.03 bits per heavy atom. The first kappa shape index (κ1) is 23.3. The lowest BCUT2D eigenvalue weighted by molar-refractivity contribution is 0.0951. The van der Waals surface area contributed by atoms with E-state index in [-0.39, 0.29) is 22.7 Å². The number of hydrogen-bond donors (Lipinski definition) is 2. The quantitative estimate of drug-likeness (QED) is 0.562. The Balaban J connectivity index is 1.84. The third-order valence-corrected chi connectivity index (χ3v) is 6.72. The fourth-order valence-electron chi connectivity index (χ4n) is 3.48. The molecule has 0 saturated heterocycles. The van der Waals surface area contributed by atoms with Gasteiger partial charge in [-0.05, 0) is 57.0 Å². The van der Waals surface area contributed by atoms with Crippen molar-refractivity contribution in [1.29, 1.82) is 0 Å². The number of aromatic nitrogens is 1. The van der Waals surface area contributed by atoms with Gasteiger partial charge >= 0.3 is 0 Å². The van der Waals surface area contributed by atoms with E-state index in [2.05, 4.69) is 15.0 Å². The van der Waals surface area contributed by atoms with Crippen molar-refractivity contribution >= 4 is 21.6 Å². The third kappa shape index (κ3) is 4.91. The predicted octanol–water partition coefficient (Wildman–Crippen LogP) is 4.05. The number of ether oxygens (including phenoxy) is 1. The van der Waals surface area contributed by atoms with Gasteiger partial charge in [0.05, 0.1) is 35.5 Å². The Hall–Kier alpha value is -3.39. The summed E-state index contributed by atoms with van der Waals surface area (Å²) < 4.78 is 34.0. The van der Waals surface area contributed by atoms with Crippen LogP contribution >= 0.6 is 0 Å². The molecule has 8 heteroatoms. The zero-order valence-corrected chi connectivity index (χ0v) is 19.6. The highest BCUT2D eigenvalue weighted by molar-refractivity contribution is 7.92. The van der Waals surface area contributed by atoms with Crippen LogP contribution in [0.1, 0.15) is 38.3 Å². The molecule has 3 aromatic rings. The van der Waals surface area contributed by atoms with Gasteiger partial charge in [-0.1, -0.05) is 24.3 Å². The molecule has 0 radical (unpaired) electrons. The second-order valence-electron chi connectivity index (χ2n) is 7.65. The van der Waals surface area contributed by atoms with E-state index in [9.17, 15) is 13.2 Å². The highest BCUT2D eigenvalue weighted by Crippen LogP contribution is 2.25. The van der Waals surface area contributed by atoms with Crippen molar-refractivity contribution < 1.29 is 17.9 Å². The van der Waals surface area contributed by atoms with Crippen molar-refractivity contribution in [2.75, 3.05) is 11.8 Å². The Morgan fingerprint density at radius 2 is 1.75 bits per heavy atom.